The van der Waals surface area contributed by atoms with Gasteiger partial charge in [0.05, 0.1) is 0 Å². The number of aromatic hydroxyl groups is 1. The van der Waals surface area contributed by atoms with Crippen LogP contribution in [0.5, 0.6) is 5.75 Å². The minimum atomic E-state index is -0.385. The number of rotatable bonds is 0. The number of Topliss-reactive ketones (excluding diaryl/α,β-unsaturated/α-hetero) is 1. The zero-order valence-electron chi connectivity index (χ0n) is 13.1. The maximum absolute atomic E-state index is 12.8. The highest BCUT2D eigenvalue weighted by molar-refractivity contribution is 6.06. The number of hydrogen-bond acceptors (Lipinski definition) is 3. The van der Waals surface area contributed by atoms with Crippen LogP contribution in [0.4, 0.5) is 0 Å². The van der Waals surface area contributed by atoms with Crippen molar-refractivity contribution in [3.8, 4) is 5.75 Å². The highest BCUT2D eigenvalue weighted by Gasteiger charge is 2.79. The van der Waals surface area contributed by atoms with Crippen molar-refractivity contribution in [1.29, 1.82) is 0 Å². The molecule has 0 bridgehead atoms. The van der Waals surface area contributed by atoms with Gasteiger partial charge in [-0.3, -0.25) is 4.79 Å². The largest absolute Gasteiger partial charge is 0.508 e. The van der Waals surface area contributed by atoms with Gasteiger partial charge < -0.3 is 9.84 Å². The molecule has 3 unspecified atom stereocenters. The van der Waals surface area contributed by atoms with E-state index in [2.05, 4.69) is 20.8 Å². The number of benzene rings is 1. The molecule has 3 heteroatoms. The van der Waals surface area contributed by atoms with Crippen LogP contribution in [0.2, 0.25) is 0 Å². The van der Waals surface area contributed by atoms with E-state index in [1.54, 1.807) is 0 Å². The van der Waals surface area contributed by atoms with E-state index in [0.29, 0.717) is 0 Å². The molecule has 1 saturated heterocycles. The highest BCUT2D eigenvalue weighted by Crippen LogP contribution is 2.69. The molecule has 1 N–H and O–H groups in total. The Labute approximate surface area is 125 Å². The average Bonchev–Trinajstić information content (AvgIpc) is 3.15. The van der Waals surface area contributed by atoms with Gasteiger partial charge >= 0.3 is 0 Å². The van der Waals surface area contributed by atoms with Crippen molar-refractivity contribution >= 4 is 5.78 Å². The van der Waals surface area contributed by atoms with Gasteiger partial charge in [-0.25, -0.2) is 0 Å². The first-order valence-electron chi connectivity index (χ1n) is 7.81. The lowest BCUT2D eigenvalue weighted by atomic mass is 9.49. The Morgan fingerprint density at radius 3 is 2.67 bits per heavy atom. The maximum atomic E-state index is 12.8. The second-order valence-corrected chi connectivity index (χ2v) is 7.85. The normalized spacial score (nSPS) is 39.2. The van der Waals surface area contributed by atoms with E-state index >= 15 is 0 Å². The number of aryl methyl sites for hydroxylation is 1. The summed E-state index contributed by atoms with van der Waals surface area (Å²) in [6.07, 6.45) is 2.92. The summed E-state index contributed by atoms with van der Waals surface area (Å²) in [6.45, 7) is 8.49. The number of carbonyl (C=O) groups is 1. The van der Waals surface area contributed by atoms with E-state index in [-0.39, 0.29) is 34.1 Å². The fraction of sp³-hybridized carbons (Fsp3) is 0.611. The molecule has 3 aliphatic rings. The lowest BCUT2D eigenvalue weighted by Crippen LogP contribution is -2.58. The first kappa shape index (κ1) is 13.3. The number of hydrogen-bond donors (Lipinski definition) is 1. The van der Waals surface area contributed by atoms with Crippen LogP contribution >= 0.6 is 0 Å². The predicted octanol–water partition coefficient (Wildman–Crippen LogP) is 3.50. The molecule has 1 aromatic carbocycles. The minimum Gasteiger partial charge on any atom is -0.508 e. The smallest absolute Gasteiger partial charge is 0.194 e. The molecule has 21 heavy (non-hydrogen) atoms. The first-order valence-corrected chi connectivity index (χ1v) is 7.81. The van der Waals surface area contributed by atoms with E-state index in [1.165, 1.54) is 0 Å². The van der Waals surface area contributed by atoms with Crippen LogP contribution in [-0.4, -0.2) is 22.6 Å². The van der Waals surface area contributed by atoms with Crippen LogP contribution in [0.25, 0.3) is 0 Å². The van der Waals surface area contributed by atoms with Crippen LogP contribution in [0.15, 0.2) is 12.1 Å². The fourth-order valence-corrected chi connectivity index (χ4v) is 5.16. The Morgan fingerprint density at radius 2 is 1.95 bits per heavy atom. The molecule has 1 heterocycles. The quantitative estimate of drug-likeness (QED) is 0.743. The Hall–Kier alpha value is -1.35. The fourth-order valence-electron chi connectivity index (χ4n) is 5.16. The van der Waals surface area contributed by atoms with Crippen molar-refractivity contribution in [3.05, 3.63) is 28.8 Å². The third-order valence-corrected chi connectivity index (χ3v) is 6.35. The van der Waals surface area contributed by atoms with E-state index in [4.69, 9.17) is 4.74 Å². The lowest BCUT2D eigenvalue weighted by Gasteiger charge is -2.52. The molecule has 1 aliphatic heterocycles. The molecule has 112 valence electrons. The Balaban J connectivity index is 2.01. The van der Waals surface area contributed by atoms with E-state index in [0.717, 1.165) is 36.0 Å². The van der Waals surface area contributed by atoms with Crippen molar-refractivity contribution in [2.45, 2.75) is 64.1 Å². The third kappa shape index (κ3) is 1.28. The minimum absolute atomic E-state index is 0.0154. The maximum Gasteiger partial charge on any atom is 0.194 e. The first-order chi connectivity index (χ1) is 9.74. The van der Waals surface area contributed by atoms with Crippen LogP contribution in [-0.2, 0) is 10.2 Å². The molecule has 3 atom stereocenters. The van der Waals surface area contributed by atoms with Gasteiger partial charge in [0.25, 0.3) is 0 Å². The molecule has 2 fully saturated rings. The van der Waals surface area contributed by atoms with Gasteiger partial charge in [-0.1, -0.05) is 27.2 Å². The monoisotopic (exact) mass is 286 g/mol. The molecule has 2 aliphatic carbocycles. The molecule has 0 aromatic heterocycles. The van der Waals surface area contributed by atoms with Crippen molar-refractivity contribution in [2.75, 3.05) is 0 Å². The number of ketones is 1. The van der Waals surface area contributed by atoms with Crippen molar-refractivity contribution in [2.24, 2.45) is 5.41 Å². The number of epoxide rings is 1. The van der Waals surface area contributed by atoms with Gasteiger partial charge in [0.2, 0.25) is 0 Å². The van der Waals surface area contributed by atoms with Crippen LogP contribution in [0.1, 0.15) is 61.5 Å². The summed E-state index contributed by atoms with van der Waals surface area (Å²) < 4.78 is 6.13. The number of phenolic OH excluding ortho intramolecular Hbond substituents is 1. The van der Waals surface area contributed by atoms with Gasteiger partial charge in [-0.2, -0.15) is 0 Å². The summed E-state index contributed by atoms with van der Waals surface area (Å²) in [5, 5.41) is 10.1. The molecule has 1 saturated carbocycles. The molecule has 3 nitrogen and oxygen atoms in total. The van der Waals surface area contributed by atoms with Crippen molar-refractivity contribution in [1.82, 2.24) is 0 Å². The average molecular weight is 286 g/mol. The molecule has 1 spiro atoms. The second kappa shape index (κ2) is 3.52. The lowest BCUT2D eigenvalue weighted by molar-refractivity contribution is 0.0138. The molecular formula is C18H22O3. The van der Waals surface area contributed by atoms with Gasteiger partial charge in [-0.05, 0) is 48.4 Å². The van der Waals surface area contributed by atoms with Crippen LogP contribution in [0.3, 0.4) is 0 Å². The predicted molar refractivity (Wildman–Crippen MR) is 79.8 cm³/mol. The topological polar surface area (TPSA) is 49.8 Å². The molecule has 4 rings (SSSR count). The molecular weight excluding hydrogens is 264 g/mol. The summed E-state index contributed by atoms with van der Waals surface area (Å²) in [7, 11) is 0. The van der Waals surface area contributed by atoms with Gasteiger partial charge in [0.1, 0.15) is 11.4 Å². The van der Waals surface area contributed by atoms with E-state index in [1.807, 2.05) is 19.1 Å². The molecule has 1 aromatic rings. The van der Waals surface area contributed by atoms with E-state index in [9.17, 15) is 9.90 Å². The Kier molecular flexibility index (Phi) is 2.23. The summed E-state index contributed by atoms with van der Waals surface area (Å²) in [5.41, 5.74) is 1.91. The molecule has 0 radical (unpaired) electrons. The van der Waals surface area contributed by atoms with E-state index < -0.39 is 0 Å². The zero-order chi connectivity index (χ0) is 15.2. The second-order valence-electron chi connectivity index (χ2n) is 7.85. The number of ether oxygens (including phenoxy) is 1. The summed E-state index contributed by atoms with van der Waals surface area (Å²) in [4.78, 5) is 12.8. The zero-order valence-corrected chi connectivity index (χ0v) is 13.1. The highest BCUT2D eigenvalue weighted by atomic mass is 16.6. The SMILES string of the molecule is Cc1cc2c(cc1O)C1(C)CCCC(C)(C)C13OC3C2=O. The van der Waals surface area contributed by atoms with Crippen molar-refractivity contribution < 1.29 is 14.6 Å². The van der Waals surface area contributed by atoms with Crippen LogP contribution in [0, 0.1) is 12.3 Å². The third-order valence-electron chi connectivity index (χ3n) is 6.35. The Bertz CT molecular complexity index is 675. The molecule has 0 amide bonds. The van der Waals surface area contributed by atoms with Crippen LogP contribution < -0.4 is 0 Å². The summed E-state index contributed by atoms with van der Waals surface area (Å²) >= 11 is 0. The van der Waals surface area contributed by atoms with Gasteiger partial charge in [0, 0.05) is 11.0 Å². The van der Waals surface area contributed by atoms with Gasteiger partial charge in [0.15, 0.2) is 11.9 Å². The Morgan fingerprint density at radius 1 is 1.24 bits per heavy atom. The number of carbonyl (C=O) groups excluding carboxylic acids is 1. The van der Waals surface area contributed by atoms with Gasteiger partial charge in [-0.15, -0.1) is 0 Å². The standard InChI is InChI=1S/C18H22O3/c1-10-8-11-12(9-13(10)19)17(4)7-5-6-16(2,3)18(17)15(21-18)14(11)20/h8-9,15,19H,5-7H2,1-4H3. The summed E-state index contributed by atoms with van der Waals surface area (Å²) in [5.74, 6) is 0.376. The number of fused-ring (bicyclic) bond motifs is 2. The number of phenols is 1. The van der Waals surface area contributed by atoms with Crippen molar-refractivity contribution in [3.63, 3.8) is 0 Å². The summed E-state index contributed by atoms with van der Waals surface area (Å²) in [6, 6.07) is 3.65.